The van der Waals surface area contributed by atoms with Gasteiger partial charge in [0.25, 0.3) is 0 Å². The fraction of sp³-hybridized carbons (Fsp3) is 0.417. The molecule has 0 unspecified atom stereocenters. The zero-order valence-corrected chi connectivity index (χ0v) is 12.1. The minimum atomic E-state index is 0.0413. The topological polar surface area (TPSA) is 32.3 Å². The van der Waals surface area contributed by atoms with Crippen LogP contribution in [0, 0.1) is 0 Å². The van der Waals surface area contributed by atoms with Gasteiger partial charge in [-0.15, -0.1) is 0 Å². The fourth-order valence-corrected chi connectivity index (χ4v) is 2.23. The fourth-order valence-electron chi connectivity index (χ4n) is 1.62. The highest BCUT2D eigenvalue weighted by atomic mass is 35.5. The van der Waals surface area contributed by atoms with Gasteiger partial charge in [-0.2, -0.15) is 0 Å². The van der Waals surface area contributed by atoms with Crippen molar-refractivity contribution in [3.05, 3.63) is 27.2 Å². The molecule has 0 aliphatic heterocycles. The van der Waals surface area contributed by atoms with Crippen LogP contribution in [0.2, 0.25) is 15.1 Å². The van der Waals surface area contributed by atoms with Crippen LogP contribution in [0.1, 0.15) is 12.8 Å². The van der Waals surface area contributed by atoms with E-state index in [1.54, 1.807) is 17.0 Å². The normalized spacial score (nSPS) is 14.4. The number of hydrogen-bond donors (Lipinski definition) is 1. The summed E-state index contributed by atoms with van der Waals surface area (Å²) in [4.78, 5) is 13.6. The summed E-state index contributed by atoms with van der Waals surface area (Å²) in [6, 6.07) is 3.59. The zero-order valence-electron chi connectivity index (χ0n) is 9.84. The van der Waals surface area contributed by atoms with Crippen molar-refractivity contribution < 1.29 is 4.79 Å². The molecule has 98 valence electrons. The highest BCUT2D eigenvalue weighted by Gasteiger charge is 2.29. The van der Waals surface area contributed by atoms with Gasteiger partial charge in [0.2, 0.25) is 5.91 Å². The van der Waals surface area contributed by atoms with Crippen molar-refractivity contribution in [2.75, 3.05) is 18.9 Å². The molecule has 1 saturated carbocycles. The van der Waals surface area contributed by atoms with Crippen molar-refractivity contribution in [2.45, 2.75) is 18.9 Å². The molecule has 1 aromatic carbocycles. The predicted octanol–water partition coefficient (Wildman–Crippen LogP) is 3.68. The highest BCUT2D eigenvalue weighted by molar-refractivity contribution is 6.44. The van der Waals surface area contributed by atoms with Crippen LogP contribution in [0.25, 0.3) is 0 Å². The van der Waals surface area contributed by atoms with E-state index in [-0.39, 0.29) is 12.5 Å². The number of amides is 1. The molecular weight excluding hydrogens is 295 g/mol. The van der Waals surface area contributed by atoms with Crippen LogP contribution in [0.4, 0.5) is 5.69 Å². The Bertz CT molecular complexity index is 475. The summed E-state index contributed by atoms with van der Waals surface area (Å²) in [5, 5.41) is 4.23. The first-order valence-corrected chi connectivity index (χ1v) is 6.76. The predicted molar refractivity (Wildman–Crippen MR) is 75.8 cm³/mol. The van der Waals surface area contributed by atoms with Crippen LogP contribution in [-0.2, 0) is 4.79 Å². The molecule has 6 heteroatoms. The summed E-state index contributed by atoms with van der Waals surface area (Å²) in [5.74, 6) is 0.0413. The average molecular weight is 308 g/mol. The van der Waals surface area contributed by atoms with Crippen LogP contribution in [0.3, 0.4) is 0 Å². The molecule has 0 radical (unpaired) electrons. The SMILES string of the molecule is CN(C(=O)CNc1cc(Cl)c(Cl)cc1Cl)C1CC1. The highest BCUT2D eigenvalue weighted by Crippen LogP contribution is 2.32. The van der Waals surface area contributed by atoms with Crippen LogP contribution in [0.5, 0.6) is 0 Å². The van der Waals surface area contributed by atoms with E-state index >= 15 is 0 Å². The van der Waals surface area contributed by atoms with Gasteiger partial charge in [0.15, 0.2) is 0 Å². The second-order valence-corrected chi connectivity index (χ2v) is 5.56. The smallest absolute Gasteiger partial charge is 0.241 e. The van der Waals surface area contributed by atoms with E-state index in [0.29, 0.717) is 26.8 Å². The van der Waals surface area contributed by atoms with Gasteiger partial charge >= 0.3 is 0 Å². The minimum absolute atomic E-state index is 0.0413. The number of benzene rings is 1. The van der Waals surface area contributed by atoms with E-state index < -0.39 is 0 Å². The third-order valence-corrected chi connectivity index (χ3v) is 3.96. The van der Waals surface area contributed by atoms with E-state index in [1.165, 1.54) is 0 Å². The largest absolute Gasteiger partial charge is 0.375 e. The summed E-state index contributed by atoms with van der Waals surface area (Å²) in [6.45, 7) is 0.199. The molecule has 1 N–H and O–H groups in total. The summed E-state index contributed by atoms with van der Waals surface area (Å²) < 4.78 is 0. The lowest BCUT2D eigenvalue weighted by atomic mass is 10.3. The van der Waals surface area contributed by atoms with Gasteiger partial charge in [-0.3, -0.25) is 4.79 Å². The van der Waals surface area contributed by atoms with Gasteiger partial charge in [0.1, 0.15) is 0 Å². The number of rotatable bonds is 4. The molecule has 0 aromatic heterocycles. The van der Waals surface area contributed by atoms with Crippen molar-refractivity contribution in [3.8, 4) is 0 Å². The van der Waals surface area contributed by atoms with Crippen molar-refractivity contribution in [1.82, 2.24) is 4.90 Å². The molecule has 0 spiro atoms. The summed E-state index contributed by atoms with van der Waals surface area (Å²) in [5.41, 5.74) is 0.614. The number of likely N-dealkylation sites (N-methyl/N-ethyl adjacent to an activating group) is 1. The molecule has 0 heterocycles. The second-order valence-electron chi connectivity index (χ2n) is 4.34. The lowest BCUT2D eigenvalue weighted by Gasteiger charge is -2.17. The van der Waals surface area contributed by atoms with Gasteiger partial charge in [0.05, 0.1) is 27.3 Å². The molecule has 1 aliphatic rings. The van der Waals surface area contributed by atoms with Crippen molar-refractivity contribution in [1.29, 1.82) is 0 Å². The molecule has 0 atom stereocenters. The second kappa shape index (κ2) is 5.55. The summed E-state index contributed by atoms with van der Waals surface area (Å²) in [6.07, 6.45) is 2.19. The molecule has 0 saturated heterocycles. The van der Waals surface area contributed by atoms with E-state index in [2.05, 4.69) is 5.32 Å². The van der Waals surface area contributed by atoms with Crippen molar-refractivity contribution in [3.63, 3.8) is 0 Å². The molecule has 3 nitrogen and oxygen atoms in total. The number of anilines is 1. The number of hydrogen-bond acceptors (Lipinski definition) is 2. The lowest BCUT2D eigenvalue weighted by molar-refractivity contribution is -0.128. The quantitative estimate of drug-likeness (QED) is 0.861. The Hall–Kier alpha value is -0.640. The zero-order chi connectivity index (χ0) is 13.3. The van der Waals surface area contributed by atoms with Crippen LogP contribution < -0.4 is 5.32 Å². The Morgan fingerprint density at radius 2 is 1.89 bits per heavy atom. The van der Waals surface area contributed by atoms with E-state index in [1.807, 2.05) is 7.05 Å². The summed E-state index contributed by atoms with van der Waals surface area (Å²) in [7, 11) is 1.82. The van der Waals surface area contributed by atoms with Crippen LogP contribution >= 0.6 is 34.8 Å². The van der Waals surface area contributed by atoms with E-state index in [4.69, 9.17) is 34.8 Å². The standard InChI is InChI=1S/C12H13Cl3N2O/c1-17(7-2-3-7)12(18)6-16-11-5-9(14)8(13)4-10(11)15/h4-5,7,16H,2-3,6H2,1H3. The van der Waals surface area contributed by atoms with Gasteiger partial charge in [0, 0.05) is 13.1 Å². The van der Waals surface area contributed by atoms with Gasteiger partial charge < -0.3 is 10.2 Å². The Morgan fingerprint density at radius 1 is 1.28 bits per heavy atom. The molecule has 18 heavy (non-hydrogen) atoms. The first-order chi connectivity index (χ1) is 8.49. The number of carbonyl (C=O) groups excluding carboxylic acids is 1. The maximum atomic E-state index is 11.8. The number of halogens is 3. The Labute approximate surface area is 121 Å². The lowest BCUT2D eigenvalue weighted by Crippen LogP contribution is -2.33. The monoisotopic (exact) mass is 306 g/mol. The van der Waals surface area contributed by atoms with Crippen molar-refractivity contribution in [2.24, 2.45) is 0 Å². The van der Waals surface area contributed by atoms with Crippen molar-refractivity contribution >= 4 is 46.4 Å². The third-order valence-electron chi connectivity index (χ3n) is 2.93. The molecule has 0 bridgehead atoms. The number of nitrogens with zero attached hydrogens (tertiary/aromatic N) is 1. The Morgan fingerprint density at radius 3 is 2.50 bits per heavy atom. The van der Waals surface area contributed by atoms with E-state index in [9.17, 15) is 4.79 Å². The van der Waals surface area contributed by atoms with Crippen LogP contribution in [-0.4, -0.2) is 30.4 Å². The maximum Gasteiger partial charge on any atom is 0.241 e. The Balaban J connectivity index is 1.97. The maximum absolute atomic E-state index is 11.8. The molecule has 2 rings (SSSR count). The minimum Gasteiger partial charge on any atom is -0.375 e. The molecular formula is C12H13Cl3N2O. The third kappa shape index (κ3) is 3.22. The summed E-state index contributed by atoms with van der Waals surface area (Å²) >= 11 is 17.7. The number of nitrogens with one attached hydrogen (secondary N) is 1. The molecule has 1 aliphatic carbocycles. The first kappa shape index (κ1) is 13.8. The van der Waals surface area contributed by atoms with E-state index in [0.717, 1.165) is 12.8 Å². The molecule has 1 aromatic rings. The van der Waals surface area contributed by atoms with Gasteiger partial charge in [-0.1, -0.05) is 34.8 Å². The number of carbonyl (C=O) groups is 1. The molecule has 1 amide bonds. The van der Waals surface area contributed by atoms with Gasteiger partial charge in [-0.05, 0) is 25.0 Å². The average Bonchev–Trinajstić information content (AvgIpc) is 3.14. The van der Waals surface area contributed by atoms with Gasteiger partial charge in [-0.25, -0.2) is 0 Å². The first-order valence-electron chi connectivity index (χ1n) is 5.63. The Kier molecular flexibility index (Phi) is 4.25. The molecule has 1 fully saturated rings. The van der Waals surface area contributed by atoms with Crippen LogP contribution in [0.15, 0.2) is 12.1 Å².